The average Bonchev–Trinajstić information content (AvgIpc) is 2.61. The van der Waals surface area contributed by atoms with Crippen LogP contribution >= 0.6 is 0 Å². The van der Waals surface area contributed by atoms with Gasteiger partial charge in [-0.15, -0.1) is 0 Å². The first-order valence-corrected chi connectivity index (χ1v) is 9.96. The van der Waals surface area contributed by atoms with Crippen LogP contribution in [-0.4, -0.2) is 28.9 Å². The smallest absolute Gasteiger partial charge is 0.315 e. The number of amides is 2. The van der Waals surface area contributed by atoms with E-state index in [9.17, 15) is 14.9 Å². The Kier molecular flexibility index (Phi) is 4.86. The third-order valence-corrected chi connectivity index (χ3v) is 6.51. The molecule has 4 aliphatic rings. The molecule has 4 fully saturated rings. The number of carbonyl (C=O) groups excluding carboxylic acids is 2. The number of nitrogens with one attached hydrogen (secondary N) is 2. The van der Waals surface area contributed by atoms with Gasteiger partial charge in [0.05, 0.1) is 11.8 Å². The van der Waals surface area contributed by atoms with Crippen molar-refractivity contribution in [2.24, 2.45) is 17.8 Å². The number of nitriles is 1. The molecule has 0 aromatic carbocycles. The molecule has 1 aromatic rings. The SMILES string of the molecule is N#CC(C(=O)CCNC(=O)NC12CC3CC(CC(C3)C1)C2)c1ccccn1. The maximum atomic E-state index is 12.4. The summed E-state index contributed by atoms with van der Waals surface area (Å²) in [5, 5.41) is 15.3. The second-order valence-electron chi connectivity index (χ2n) is 8.61. The molecule has 2 amide bonds. The van der Waals surface area contributed by atoms with E-state index in [0.29, 0.717) is 5.69 Å². The van der Waals surface area contributed by atoms with Crippen molar-refractivity contribution in [1.82, 2.24) is 15.6 Å². The Bertz CT molecular complexity index is 720. The van der Waals surface area contributed by atoms with Crippen molar-refractivity contribution in [2.45, 2.75) is 56.4 Å². The fourth-order valence-electron chi connectivity index (χ4n) is 5.84. The molecule has 4 bridgehead atoms. The van der Waals surface area contributed by atoms with Crippen LogP contribution in [0.4, 0.5) is 4.79 Å². The predicted octanol–water partition coefficient (Wildman–Crippen LogP) is 2.92. The highest BCUT2D eigenvalue weighted by Crippen LogP contribution is 2.55. The molecule has 4 aliphatic carbocycles. The lowest BCUT2D eigenvalue weighted by molar-refractivity contribution is -0.119. The molecule has 5 rings (SSSR count). The number of Topliss-reactive ketones (excluding diaryl/α,β-unsaturated/α-hetero) is 1. The van der Waals surface area contributed by atoms with Gasteiger partial charge in [-0.05, 0) is 68.4 Å². The van der Waals surface area contributed by atoms with Crippen molar-refractivity contribution < 1.29 is 9.59 Å². The monoisotopic (exact) mass is 366 g/mol. The van der Waals surface area contributed by atoms with Gasteiger partial charge in [0, 0.05) is 24.7 Å². The lowest BCUT2D eigenvalue weighted by Crippen LogP contribution is -2.61. The second-order valence-corrected chi connectivity index (χ2v) is 8.61. The van der Waals surface area contributed by atoms with Gasteiger partial charge in [0.15, 0.2) is 5.78 Å². The van der Waals surface area contributed by atoms with Gasteiger partial charge >= 0.3 is 6.03 Å². The number of ketones is 1. The molecule has 1 aromatic heterocycles. The van der Waals surface area contributed by atoms with Crippen LogP contribution in [0.5, 0.6) is 0 Å². The van der Waals surface area contributed by atoms with Gasteiger partial charge < -0.3 is 10.6 Å². The first kappa shape index (κ1) is 18.0. The van der Waals surface area contributed by atoms with E-state index in [-0.39, 0.29) is 30.3 Å². The molecule has 1 atom stereocenters. The van der Waals surface area contributed by atoms with E-state index in [1.54, 1.807) is 24.4 Å². The molecule has 1 unspecified atom stereocenters. The highest BCUT2D eigenvalue weighted by atomic mass is 16.2. The van der Waals surface area contributed by atoms with Crippen molar-refractivity contribution in [2.75, 3.05) is 6.54 Å². The van der Waals surface area contributed by atoms with Gasteiger partial charge in [0.2, 0.25) is 0 Å². The number of carbonyl (C=O) groups is 2. The minimum absolute atomic E-state index is 0.0357. The molecule has 0 radical (unpaired) electrons. The Morgan fingerprint density at radius 2 is 1.85 bits per heavy atom. The Morgan fingerprint density at radius 1 is 1.19 bits per heavy atom. The molecule has 6 nitrogen and oxygen atoms in total. The van der Waals surface area contributed by atoms with Crippen LogP contribution in [-0.2, 0) is 4.79 Å². The summed E-state index contributed by atoms with van der Waals surface area (Å²) < 4.78 is 0. The quantitative estimate of drug-likeness (QED) is 0.809. The van der Waals surface area contributed by atoms with Crippen LogP contribution in [0.3, 0.4) is 0 Å². The maximum absolute atomic E-state index is 12.4. The molecule has 0 saturated heterocycles. The van der Waals surface area contributed by atoms with Crippen LogP contribution < -0.4 is 10.6 Å². The predicted molar refractivity (Wildman–Crippen MR) is 99.7 cm³/mol. The Morgan fingerprint density at radius 3 is 2.41 bits per heavy atom. The third-order valence-electron chi connectivity index (χ3n) is 6.51. The number of urea groups is 1. The van der Waals surface area contributed by atoms with Crippen molar-refractivity contribution in [3.8, 4) is 6.07 Å². The molecule has 4 saturated carbocycles. The summed E-state index contributed by atoms with van der Waals surface area (Å²) in [6, 6.07) is 7.02. The first-order chi connectivity index (χ1) is 13.1. The molecule has 0 aliphatic heterocycles. The summed E-state index contributed by atoms with van der Waals surface area (Å²) in [6.45, 7) is 0.238. The van der Waals surface area contributed by atoms with E-state index in [2.05, 4.69) is 15.6 Å². The van der Waals surface area contributed by atoms with Gasteiger partial charge in [0.1, 0.15) is 5.92 Å². The molecule has 0 spiro atoms. The van der Waals surface area contributed by atoms with Crippen molar-refractivity contribution in [3.05, 3.63) is 30.1 Å². The molecule has 27 heavy (non-hydrogen) atoms. The summed E-state index contributed by atoms with van der Waals surface area (Å²) in [6.07, 6.45) is 9.00. The van der Waals surface area contributed by atoms with Crippen LogP contribution in [0.2, 0.25) is 0 Å². The van der Waals surface area contributed by atoms with Crippen molar-refractivity contribution in [1.29, 1.82) is 5.26 Å². The van der Waals surface area contributed by atoms with E-state index in [4.69, 9.17) is 0 Å². The van der Waals surface area contributed by atoms with Crippen LogP contribution in [0.25, 0.3) is 0 Å². The molecule has 2 N–H and O–H groups in total. The summed E-state index contributed by atoms with van der Waals surface area (Å²) in [7, 11) is 0. The van der Waals surface area contributed by atoms with Gasteiger partial charge in [0.25, 0.3) is 0 Å². The summed E-state index contributed by atoms with van der Waals surface area (Å²) in [4.78, 5) is 28.8. The Labute approximate surface area is 159 Å². The lowest BCUT2D eigenvalue weighted by atomic mass is 9.53. The van der Waals surface area contributed by atoms with Crippen molar-refractivity contribution >= 4 is 11.8 Å². The molecule has 142 valence electrons. The topological polar surface area (TPSA) is 94.9 Å². The highest BCUT2D eigenvalue weighted by molar-refractivity contribution is 5.88. The lowest BCUT2D eigenvalue weighted by Gasteiger charge is -2.56. The number of nitrogens with zero attached hydrogens (tertiary/aromatic N) is 2. The summed E-state index contributed by atoms with van der Waals surface area (Å²) in [5.74, 6) is 1.22. The second kappa shape index (κ2) is 7.30. The number of aromatic nitrogens is 1. The largest absolute Gasteiger partial charge is 0.338 e. The fraction of sp³-hybridized carbons (Fsp3) is 0.619. The van der Waals surface area contributed by atoms with E-state index in [1.165, 1.54) is 19.3 Å². The zero-order valence-corrected chi connectivity index (χ0v) is 15.5. The summed E-state index contributed by atoms with van der Waals surface area (Å²) >= 11 is 0. The molecular weight excluding hydrogens is 340 g/mol. The van der Waals surface area contributed by atoms with Gasteiger partial charge in [-0.3, -0.25) is 9.78 Å². The molecule has 6 heteroatoms. The van der Waals surface area contributed by atoms with Crippen LogP contribution in [0.1, 0.15) is 56.6 Å². The minimum Gasteiger partial charge on any atom is -0.338 e. The van der Waals surface area contributed by atoms with E-state index in [1.807, 2.05) is 6.07 Å². The van der Waals surface area contributed by atoms with E-state index in [0.717, 1.165) is 37.0 Å². The number of rotatable bonds is 6. The minimum atomic E-state index is -0.876. The Hall–Kier alpha value is -2.42. The van der Waals surface area contributed by atoms with Gasteiger partial charge in [-0.1, -0.05) is 6.07 Å². The number of pyridine rings is 1. The normalized spacial score (nSPS) is 31.7. The zero-order valence-electron chi connectivity index (χ0n) is 15.5. The van der Waals surface area contributed by atoms with Crippen LogP contribution in [0.15, 0.2) is 24.4 Å². The molecular formula is C21H26N4O2. The standard InChI is InChI=1S/C21H26N4O2/c22-13-17(18-3-1-2-5-23-18)19(26)4-6-24-20(27)25-21-10-14-7-15(11-21)9-16(8-14)12-21/h1-3,5,14-17H,4,6-12H2,(H2,24,25,27). The van der Waals surface area contributed by atoms with Gasteiger partial charge in [-0.2, -0.15) is 5.26 Å². The number of hydrogen-bond acceptors (Lipinski definition) is 4. The average molecular weight is 366 g/mol. The first-order valence-electron chi connectivity index (χ1n) is 9.96. The van der Waals surface area contributed by atoms with Crippen molar-refractivity contribution in [3.63, 3.8) is 0 Å². The van der Waals surface area contributed by atoms with E-state index >= 15 is 0 Å². The Balaban J connectivity index is 1.26. The number of hydrogen-bond donors (Lipinski definition) is 2. The highest BCUT2D eigenvalue weighted by Gasteiger charge is 2.51. The fourth-order valence-corrected chi connectivity index (χ4v) is 5.84. The maximum Gasteiger partial charge on any atom is 0.315 e. The van der Waals surface area contributed by atoms with E-state index < -0.39 is 5.92 Å². The third kappa shape index (κ3) is 3.83. The summed E-state index contributed by atoms with van der Waals surface area (Å²) in [5.41, 5.74) is 0.425. The van der Waals surface area contributed by atoms with Gasteiger partial charge in [-0.25, -0.2) is 4.79 Å². The van der Waals surface area contributed by atoms with Crippen LogP contribution in [0, 0.1) is 29.1 Å². The molecule has 1 heterocycles. The zero-order chi connectivity index (χ0) is 18.9.